The van der Waals surface area contributed by atoms with Crippen molar-refractivity contribution in [3.8, 4) is 0 Å². The Bertz CT molecular complexity index is 458. The molecule has 0 spiro atoms. The van der Waals surface area contributed by atoms with Crippen molar-refractivity contribution in [1.82, 2.24) is 15.0 Å². The number of aromatic nitrogens is 3. The maximum atomic E-state index is 11.2. The molecular weight excluding hydrogens is 240 g/mol. The van der Waals surface area contributed by atoms with Gasteiger partial charge in [-0.2, -0.15) is 0 Å². The maximum Gasteiger partial charge on any atom is 0.223 e. The van der Waals surface area contributed by atoms with Crippen LogP contribution < -0.4 is 5.73 Å². The molecular formula is C14H22N4O. The third-order valence-corrected chi connectivity index (χ3v) is 4.31. The molecule has 1 aromatic rings. The minimum atomic E-state index is -0.312. The highest BCUT2D eigenvalue weighted by Crippen LogP contribution is 2.35. The van der Waals surface area contributed by atoms with Crippen molar-refractivity contribution in [3.05, 3.63) is 11.4 Å². The monoisotopic (exact) mass is 262 g/mol. The number of carbonyl (C=O) groups is 1. The molecule has 0 atom stereocenters. The van der Waals surface area contributed by atoms with Crippen LogP contribution in [0.3, 0.4) is 0 Å². The summed E-state index contributed by atoms with van der Waals surface area (Å²) in [6, 6.07) is 0.483. The topological polar surface area (TPSA) is 73.8 Å². The summed E-state index contributed by atoms with van der Waals surface area (Å²) in [6.45, 7) is 0. The van der Waals surface area contributed by atoms with Crippen LogP contribution in [0, 0.1) is 5.92 Å². The Morgan fingerprint density at radius 3 is 2.58 bits per heavy atom. The molecule has 0 aromatic carbocycles. The minimum absolute atomic E-state index is 0.231. The zero-order chi connectivity index (χ0) is 13.2. The number of rotatable bonds is 5. The van der Waals surface area contributed by atoms with Gasteiger partial charge in [0.25, 0.3) is 0 Å². The van der Waals surface area contributed by atoms with Crippen LogP contribution in [0.25, 0.3) is 0 Å². The quantitative estimate of drug-likeness (QED) is 0.878. The Morgan fingerprint density at radius 1 is 1.21 bits per heavy atom. The largest absolute Gasteiger partial charge is 0.369 e. The lowest BCUT2D eigenvalue weighted by atomic mass is 9.95. The number of hydrogen-bond donors (Lipinski definition) is 1. The first-order valence-corrected chi connectivity index (χ1v) is 7.45. The predicted octanol–water partition coefficient (Wildman–Crippen LogP) is 1.76. The molecule has 0 bridgehead atoms. The summed E-state index contributed by atoms with van der Waals surface area (Å²) in [5, 5.41) is 8.56. The van der Waals surface area contributed by atoms with Gasteiger partial charge in [-0.05, 0) is 38.0 Å². The fourth-order valence-electron chi connectivity index (χ4n) is 3.07. The molecule has 2 aliphatic carbocycles. The SMILES string of the molecule is NC(=O)Cc1nnn(C2CCCCC2)c1CC1CC1. The van der Waals surface area contributed by atoms with E-state index in [4.69, 9.17) is 5.73 Å². The molecule has 3 rings (SSSR count). The predicted molar refractivity (Wildman–Crippen MR) is 71.5 cm³/mol. The third-order valence-electron chi connectivity index (χ3n) is 4.31. The van der Waals surface area contributed by atoms with Gasteiger partial charge in [0.15, 0.2) is 0 Å². The van der Waals surface area contributed by atoms with E-state index in [0.29, 0.717) is 6.04 Å². The Hall–Kier alpha value is -1.39. The molecule has 1 amide bonds. The summed E-state index contributed by atoms with van der Waals surface area (Å²) in [6.07, 6.45) is 10.1. The first kappa shape index (κ1) is 12.6. The summed E-state index contributed by atoms with van der Waals surface area (Å²) in [7, 11) is 0. The van der Waals surface area contributed by atoms with E-state index in [-0.39, 0.29) is 12.3 Å². The Morgan fingerprint density at radius 2 is 1.95 bits per heavy atom. The average molecular weight is 262 g/mol. The van der Waals surface area contributed by atoms with Gasteiger partial charge in [0.2, 0.25) is 5.91 Å². The standard InChI is InChI=1S/C14H22N4O/c15-14(19)9-12-13(8-10-6-7-10)18(17-16-12)11-4-2-1-3-5-11/h10-11H,1-9H2,(H2,15,19). The minimum Gasteiger partial charge on any atom is -0.369 e. The molecule has 1 aromatic heterocycles. The van der Waals surface area contributed by atoms with E-state index in [9.17, 15) is 4.79 Å². The molecule has 2 fully saturated rings. The maximum absolute atomic E-state index is 11.2. The summed E-state index contributed by atoms with van der Waals surface area (Å²) >= 11 is 0. The van der Waals surface area contributed by atoms with Crippen LogP contribution in [0.1, 0.15) is 62.4 Å². The fraction of sp³-hybridized carbons (Fsp3) is 0.786. The van der Waals surface area contributed by atoms with Crippen molar-refractivity contribution in [2.45, 2.75) is 63.8 Å². The lowest BCUT2D eigenvalue weighted by Crippen LogP contribution is -2.19. The van der Waals surface area contributed by atoms with Gasteiger partial charge in [-0.25, -0.2) is 4.68 Å². The van der Waals surface area contributed by atoms with Crippen molar-refractivity contribution in [2.75, 3.05) is 0 Å². The molecule has 2 aliphatic rings. The first-order valence-electron chi connectivity index (χ1n) is 7.45. The molecule has 2 saturated carbocycles. The lowest BCUT2D eigenvalue weighted by Gasteiger charge is -2.23. The molecule has 1 heterocycles. The van der Waals surface area contributed by atoms with Gasteiger partial charge in [-0.15, -0.1) is 5.10 Å². The second-order valence-electron chi connectivity index (χ2n) is 6.01. The van der Waals surface area contributed by atoms with Crippen LogP contribution in [0.15, 0.2) is 0 Å². The normalized spacial score (nSPS) is 20.6. The highest BCUT2D eigenvalue weighted by Gasteiger charge is 2.28. The van der Waals surface area contributed by atoms with Crippen molar-refractivity contribution < 1.29 is 4.79 Å². The summed E-state index contributed by atoms with van der Waals surface area (Å²) in [5.41, 5.74) is 7.30. The summed E-state index contributed by atoms with van der Waals surface area (Å²) in [5.74, 6) is 0.459. The van der Waals surface area contributed by atoms with Gasteiger partial charge in [0.05, 0.1) is 23.9 Å². The second-order valence-corrected chi connectivity index (χ2v) is 6.01. The van der Waals surface area contributed by atoms with Crippen molar-refractivity contribution >= 4 is 5.91 Å². The van der Waals surface area contributed by atoms with E-state index < -0.39 is 0 Å². The van der Waals surface area contributed by atoms with Crippen LogP contribution in [0.4, 0.5) is 0 Å². The van der Waals surface area contributed by atoms with Gasteiger partial charge in [0, 0.05) is 0 Å². The number of amides is 1. The number of primary amides is 1. The van der Waals surface area contributed by atoms with E-state index in [1.807, 2.05) is 0 Å². The van der Waals surface area contributed by atoms with E-state index in [2.05, 4.69) is 15.0 Å². The fourth-order valence-corrected chi connectivity index (χ4v) is 3.07. The van der Waals surface area contributed by atoms with Gasteiger partial charge in [-0.3, -0.25) is 4.79 Å². The van der Waals surface area contributed by atoms with E-state index in [1.165, 1.54) is 50.6 Å². The van der Waals surface area contributed by atoms with Crippen LogP contribution in [-0.4, -0.2) is 20.9 Å². The average Bonchev–Trinajstić information content (AvgIpc) is 3.13. The van der Waals surface area contributed by atoms with E-state index >= 15 is 0 Å². The van der Waals surface area contributed by atoms with Gasteiger partial charge < -0.3 is 5.73 Å². The highest BCUT2D eigenvalue weighted by molar-refractivity contribution is 5.76. The van der Waals surface area contributed by atoms with Crippen molar-refractivity contribution in [1.29, 1.82) is 0 Å². The van der Waals surface area contributed by atoms with Crippen molar-refractivity contribution in [2.24, 2.45) is 11.7 Å². The van der Waals surface area contributed by atoms with Crippen LogP contribution in [-0.2, 0) is 17.6 Å². The van der Waals surface area contributed by atoms with Crippen LogP contribution >= 0.6 is 0 Å². The molecule has 0 unspecified atom stereocenters. The van der Waals surface area contributed by atoms with Crippen LogP contribution in [0.2, 0.25) is 0 Å². The van der Waals surface area contributed by atoms with Gasteiger partial charge >= 0.3 is 0 Å². The Kier molecular flexibility index (Phi) is 3.53. The molecule has 5 heteroatoms. The Balaban J connectivity index is 1.84. The molecule has 19 heavy (non-hydrogen) atoms. The molecule has 5 nitrogen and oxygen atoms in total. The highest BCUT2D eigenvalue weighted by atomic mass is 16.1. The van der Waals surface area contributed by atoms with E-state index in [1.54, 1.807) is 0 Å². The first-order chi connectivity index (χ1) is 9.24. The van der Waals surface area contributed by atoms with Gasteiger partial charge in [0.1, 0.15) is 0 Å². The molecule has 0 saturated heterocycles. The van der Waals surface area contributed by atoms with Gasteiger partial charge in [-0.1, -0.05) is 24.5 Å². The zero-order valence-corrected chi connectivity index (χ0v) is 11.3. The summed E-state index contributed by atoms with van der Waals surface area (Å²) < 4.78 is 2.11. The molecule has 0 aliphatic heterocycles. The second kappa shape index (κ2) is 5.31. The smallest absolute Gasteiger partial charge is 0.223 e. The Labute approximate surface area is 113 Å². The number of nitrogens with two attached hydrogens (primary N) is 1. The summed E-state index contributed by atoms with van der Waals surface area (Å²) in [4.78, 5) is 11.2. The number of nitrogens with zero attached hydrogens (tertiary/aromatic N) is 3. The van der Waals surface area contributed by atoms with Crippen molar-refractivity contribution in [3.63, 3.8) is 0 Å². The number of hydrogen-bond acceptors (Lipinski definition) is 3. The van der Waals surface area contributed by atoms with E-state index in [0.717, 1.165) is 18.0 Å². The molecule has 104 valence electrons. The molecule has 0 radical (unpaired) electrons. The number of carbonyl (C=O) groups excluding carboxylic acids is 1. The lowest BCUT2D eigenvalue weighted by molar-refractivity contribution is -0.117. The zero-order valence-electron chi connectivity index (χ0n) is 11.3. The third kappa shape index (κ3) is 2.96. The van der Waals surface area contributed by atoms with Crippen LogP contribution in [0.5, 0.6) is 0 Å². The molecule has 2 N–H and O–H groups in total.